The van der Waals surface area contributed by atoms with Crippen LogP contribution in [-0.2, 0) is 13.0 Å². The van der Waals surface area contributed by atoms with Gasteiger partial charge in [-0.25, -0.2) is 0 Å². The van der Waals surface area contributed by atoms with Crippen molar-refractivity contribution in [3.63, 3.8) is 0 Å². The lowest BCUT2D eigenvalue weighted by molar-refractivity contribution is 0.408. The summed E-state index contributed by atoms with van der Waals surface area (Å²) >= 11 is 6.97. The van der Waals surface area contributed by atoms with Crippen LogP contribution in [0, 0.1) is 0 Å². The van der Waals surface area contributed by atoms with Gasteiger partial charge in [-0.3, -0.25) is 0 Å². The van der Waals surface area contributed by atoms with E-state index < -0.39 is 0 Å². The van der Waals surface area contributed by atoms with E-state index >= 15 is 0 Å². The predicted octanol–water partition coefficient (Wildman–Crippen LogP) is 2.94. The van der Waals surface area contributed by atoms with Crippen LogP contribution in [0.4, 0.5) is 0 Å². The molecular formula is C12H13Br2N3O2. The van der Waals surface area contributed by atoms with Crippen LogP contribution < -0.4 is 10.1 Å². The molecule has 0 saturated heterocycles. The molecule has 0 aliphatic rings. The van der Waals surface area contributed by atoms with Crippen molar-refractivity contribution < 1.29 is 9.26 Å². The third-order valence-electron chi connectivity index (χ3n) is 2.52. The molecule has 0 aliphatic carbocycles. The Hall–Kier alpha value is -0.920. The Morgan fingerprint density at radius 1 is 1.32 bits per heavy atom. The molecule has 5 nitrogen and oxygen atoms in total. The van der Waals surface area contributed by atoms with Crippen LogP contribution in [-0.4, -0.2) is 23.8 Å². The molecule has 0 saturated carbocycles. The number of hydrogen-bond acceptors (Lipinski definition) is 5. The van der Waals surface area contributed by atoms with Crippen molar-refractivity contribution in [3.8, 4) is 5.75 Å². The maximum atomic E-state index is 5.26. The molecule has 0 aliphatic heterocycles. The minimum absolute atomic E-state index is 0.713. The maximum absolute atomic E-state index is 5.26. The van der Waals surface area contributed by atoms with Crippen molar-refractivity contribution in [2.45, 2.75) is 13.0 Å². The van der Waals surface area contributed by atoms with Crippen LogP contribution in [0.5, 0.6) is 5.75 Å². The Morgan fingerprint density at radius 2 is 2.05 bits per heavy atom. The highest BCUT2D eigenvalue weighted by molar-refractivity contribution is 9.11. The number of aromatic nitrogens is 2. The molecule has 102 valence electrons. The number of nitrogens with zero attached hydrogens (tertiary/aromatic N) is 2. The number of rotatable bonds is 6. The second kappa shape index (κ2) is 7.02. The quantitative estimate of drug-likeness (QED) is 0.768. The van der Waals surface area contributed by atoms with E-state index in [1.54, 1.807) is 7.11 Å². The molecule has 0 amide bonds. The first-order valence-electron chi connectivity index (χ1n) is 5.68. The van der Waals surface area contributed by atoms with Gasteiger partial charge in [0.15, 0.2) is 5.82 Å². The predicted molar refractivity (Wildman–Crippen MR) is 78.1 cm³/mol. The third-order valence-corrected chi connectivity index (χ3v) is 3.70. The molecule has 0 fully saturated rings. The lowest BCUT2D eigenvalue weighted by Gasteiger charge is -2.09. The largest absolute Gasteiger partial charge is 0.494 e. The van der Waals surface area contributed by atoms with Gasteiger partial charge in [-0.1, -0.05) is 5.16 Å². The van der Waals surface area contributed by atoms with Crippen molar-refractivity contribution in [1.29, 1.82) is 0 Å². The number of nitrogens with one attached hydrogen (secondary N) is 1. The highest BCUT2D eigenvalue weighted by atomic mass is 79.9. The fourth-order valence-electron chi connectivity index (χ4n) is 1.64. The summed E-state index contributed by atoms with van der Waals surface area (Å²) in [6, 6.07) is 4.07. The average Bonchev–Trinajstić information content (AvgIpc) is 2.87. The average molecular weight is 391 g/mol. The topological polar surface area (TPSA) is 60.2 Å². The summed E-state index contributed by atoms with van der Waals surface area (Å²) in [4.78, 5) is 3.96. The first-order chi connectivity index (χ1) is 9.20. The first kappa shape index (κ1) is 14.5. The summed E-state index contributed by atoms with van der Waals surface area (Å²) in [5, 5.41) is 7.08. The number of ether oxygens (including phenoxy) is 1. The van der Waals surface area contributed by atoms with Gasteiger partial charge in [-0.15, -0.1) is 0 Å². The molecule has 1 aromatic heterocycles. The molecule has 1 N–H and O–H groups in total. The summed E-state index contributed by atoms with van der Waals surface area (Å²) < 4.78 is 11.8. The monoisotopic (exact) mass is 389 g/mol. The van der Waals surface area contributed by atoms with E-state index in [1.807, 2.05) is 12.1 Å². The Kier molecular flexibility index (Phi) is 5.35. The molecular weight excluding hydrogens is 378 g/mol. The van der Waals surface area contributed by atoms with Crippen molar-refractivity contribution in [2.24, 2.45) is 0 Å². The molecule has 2 aromatic rings. The van der Waals surface area contributed by atoms with Gasteiger partial charge in [0, 0.05) is 19.5 Å². The summed E-state index contributed by atoms with van der Waals surface area (Å²) in [7, 11) is 1.65. The van der Waals surface area contributed by atoms with Gasteiger partial charge in [0.2, 0.25) is 6.39 Å². The number of halogens is 2. The van der Waals surface area contributed by atoms with Gasteiger partial charge >= 0.3 is 0 Å². The van der Waals surface area contributed by atoms with Gasteiger partial charge in [-0.2, -0.15) is 4.98 Å². The van der Waals surface area contributed by atoms with Gasteiger partial charge in [0.05, 0.1) is 16.1 Å². The zero-order chi connectivity index (χ0) is 13.7. The fourth-order valence-corrected chi connectivity index (χ4v) is 3.25. The summed E-state index contributed by atoms with van der Waals surface area (Å²) in [5.74, 6) is 1.51. The van der Waals surface area contributed by atoms with Crippen LogP contribution in [0.2, 0.25) is 0 Å². The van der Waals surface area contributed by atoms with Gasteiger partial charge < -0.3 is 14.6 Å². The SMILES string of the molecule is COc1c(Br)cc(CNCCc2ncon2)cc1Br. The Morgan fingerprint density at radius 3 is 2.63 bits per heavy atom. The Bertz CT molecular complexity index is 509. The van der Waals surface area contributed by atoms with Gasteiger partial charge in [0.25, 0.3) is 0 Å². The van der Waals surface area contributed by atoms with Crippen molar-refractivity contribution in [3.05, 3.63) is 38.9 Å². The molecule has 1 aromatic carbocycles. The minimum atomic E-state index is 0.713. The fraction of sp³-hybridized carbons (Fsp3) is 0.333. The summed E-state index contributed by atoms with van der Waals surface area (Å²) in [5.41, 5.74) is 1.16. The molecule has 2 rings (SSSR count). The van der Waals surface area contributed by atoms with E-state index in [0.717, 1.165) is 39.8 Å². The lowest BCUT2D eigenvalue weighted by Crippen LogP contribution is -2.17. The summed E-state index contributed by atoms with van der Waals surface area (Å²) in [6.07, 6.45) is 2.09. The van der Waals surface area contributed by atoms with E-state index in [0.29, 0.717) is 5.82 Å². The molecule has 0 atom stereocenters. The number of hydrogen-bond donors (Lipinski definition) is 1. The molecule has 0 radical (unpaired) electrons. The smallest absolute Gasteiger partial charge is 0.213 e. The highest BCUT2D eigenvalue weighted by Gasteiger charge is 2.07. The van der Waals surface area contributed by atoms with Gasteiger partial charge in [-0.05, 0) is 49.6 Å². The molecule has 19 heavy (non-hydrogen) atoms. The molecule has 0 unspecified atom stereocenters. The third kappa shape index (κ3) is 4.02. The molecule has 0 bridgehead atoms. The number of methoxy groups -OCH3 is 1. The van der Waals surface area contributed by atoms with Crippen LogP contribution in [0.15, 0.2) is 32.0 Å². The van der Waals surface area contributed by atoms with Crippen LogP contribution in [0.1, 0.15) is 11.4 Å². The number of benzene rings is 1. The van der Waals surface area contributed by atoms with E-state index in [2.05, 4.69) is 51.8 Å². The molecule has 1 heterocycles. The lowest BCUT2D eigenvalue weighted by atomic mass is 10.2. The maximum Gasteiger partial charge on any atom is 0.213 e. The van der Waals surface area contributed by atoms with Crippen LogP contribution >= 0.6 is 31.9 Å². The van der Waals surface area contributed by atoms with Crippen LogP contribution in [0.3, 0.4) is 0 Å². The second-order valence-corrected chi connectivity index (χ2v) is 5.58. The van der Waals surface area contributed by atoms with E-state index in [-0.39, 0.29) is 0 Å². The standard InChI is InChI=1S/C12H13Br2N3O2/c1-18-12-9(13)4-8(5-10(12)14)6-15-3-2-11-16-7-19-17-11/h4-5,7,15H,2-3,6H2,1H3. The van der Waals surface area contributed by atoms with E-state index in [4.69, 9.17) is 4.74 Å². The summed E-state index contributed by atoms with van der Waals surface area (Å²) in [6.45, 7) is 1.56. The van der Waals surface area contributed by atoms with Crippen molar-refractivity contribution in [1.82, 2.24) is 15.5 Å². The van der Waals surface area contributed by atoms with Crippen LogP contribution in [0.25, 0.3) is 0 Å². The van der Waals surface area contributed by atoms with E-state index in [1.165, 1.54) is 6.39 Å². The second-order valence-electron chi connectivity index (χ2n) is 3.87. The highest BCUT2D eigenvalue weighted by Crippen LogP contribution is 2.34. The molecule has 0 spiro atoms. The van der Waals surface area contributed by atoms with Crippen molar-refractivity contribution >= 4 is 31.9 Å². The van der Waals surface area contributed by atoms with Gasteiger partial charge in [0.1, 0.15) is 5.75 Å². The zero-order valence-corrected chi connectivity index (χ0v) is 13.5. The molecule has 7 heteroatoms. The first-order valence-corrected chi connectivity index (χ1v) is 7.27. The Labute approximate surface area is 128 Å². The van der Waals surface area contributed by atoms with Crippen molar-refractivity contribution in [2.75, 3.05) is 13.7 Å². The van der Waals surface area contributed by atoms with E-state index in [9.17, 15) is 0 Å². The zero-order valence-electron chi connectivity index (χ0n) is 10.3. The normalized spacial score (nSPS) is 10.7. The minimum Gasteiger partial charge on any atom is -0.494 e. The Balaban J connectivity index is 1.86.